The zero-order valence-electron chi connectivity index (χ0n) is 18.0. The van der Waals surface area contributed by atoms with Gasteiger partial charge in [0.25, 0.3) is 5.91 Å². The van der Waals surface area contributed by atoms with Gasteiger partial charge in [0.2, 0.25) is 5.91 Å². The molecule has 1 aliphatic rings. The van der Waals surface area contributed by atoms with E-state index in [2.05, 4.69) is 21.2 Å². The van der Waals surface area contributed by atoms with Crippen LogP contribution in [-0.4, -0.2) is 35.4 Å². The highest BCUT2D eigenvalue weighted by atomic mass is 79.9. The minimum atomic E-state index is -0.587. The average molecular weight is 542 g/mol. The van der Waals surface area contributed by atoms with Crippen molar-refractivity contribution >= 4 is 50.9 Å². The third kappa shape index (κ3) is 6.87. The fourth-order valence-corrected chi connectivity index (χ4v) is 4.81. The lowest BCUT2D eigenvalue weighted by Gasteiger charge is -2.31. The van der Waals surface area contributed by atoms with Crippen LogP contribution in [0.3, 0.4) is 0 Å². The molecule has 1 saturated carbocycles. The van der Waals surface area contributed by atoms with Gasteiger partial charge in [-0.15, -0.1) is 0 Å². The molecule has 0 saturated heterocycles. The minimum Gasteiger partial charge on any atom is -0.483 e. The third-order valence-corrected chi connectivity index (χ3v) is 6.71. The lowest BCUT2D eigenvalue weighted by molar-refractivity contribution is -0.143. The van der Waals surface area contributed by atoms with E-state index in [-0.39, 0.29) is 31.0 Å². The Kier molecular flexibility index (Phi) is 9.26. The van der Waals surface area contributed by atoms with Crippen molar-refractivity contribution in [2.24, 2.45) is 0 Å². The molecule has 8 heteroatoms. The molecule has 5 nitrogen and oxygen atoms in total. The van der Waals surface area contributed by atoms with E-state index in [1.165, 1.54) is 0 Å². The summed E-state index contributed by atoms with van der Waals surface area (Å²) >= 11 is 15.4. The van der Waals surface area contributed by atoms with Gasteiger partial charge in [-0.05, 0) is 71.1 Å². The van der Waals surface area contributed by atoms with Crippen molar-refractivity contribution in [1.82, 2.24) is 10.2 Å². The first kappa shape index (κ1) is 24.9. The Balaban J connectivity index is 1.76. The van der Waals surface area contributed by atoms with Crippen LogP contribution >= 0.6 is 39.1 Å². The summed E-state index contributed by atoms with van der Waals surface area (Å²) in [5.74, 6) is 0.127. The van der Waals surface area contributed by atoms with E-state index in [4.69, 9.17) is 27.9 Å². The topological polar surface area (TPSA) is 58.6 Å². The third-order valence-electron chi connectivity index (χ3n) is 5.60. The van der Waals surface area contributed by atoms with Crippen LogP contribution in [0.1, 0.15) is 44.6 Å². The predicted molar refractivity (Wildman–Crippen MR) is 131 cm³/mol. The molecule has 2 aromatic rings. The molecule has 0 spiro atoms. The van der Waals surface area contributed by atoms with Crippen LogP contribution in [-0.2, 0) is 16.1 Å². The van der Waals surface area contributed by atoms with Gasteiger partial charge >= 0.3 is 0 Å². The molecular weight excluding hydrogens is 515 g/mol. The normalized spacial score (nSPS) is 14.8. The number of hydrogen-bond acceptors (Lipinski definition) is 3. The van der Waals surface area contributed by atoms with Gasteiger partial charge in [-0.2, -0.15) is 0 Å². The molecule has 3 rings (SSSR count). The molecule has 1 aliphatic carbocycles. The van der Waals surface area contributed by atoms with Gasteiger partial charge < -0.3 is 15.0 Å². The maximum atomic E-state index is 13.3. The Morgan fingerprint density at radius 2 is 1.78 bits per heavy atom. The van der Waals surface area contributed by atoms with Crippen molar-refractivity contribution in [2.75, 3.05) is 6.61 Å². The standard InChI is InChI=1S/C24H27BrCl2N2O3/c1-2-21(24(31)28-19-5-3-4-6-19)29(14-16-7-9-17(26)10-8-16)23(30)15-32-22-12-11-18(27)13-20(22)25/h7-13,19,21H,2-6,14-15H2,1H3,(H,28,31)/t21-/m0/s1. The Morgan fingerprint density at radius 1 is 1.12 bits per heavy atom. The van der Waals surface area contributed by atoms with Gasteiger partial charge in [0.05, 0.1) is 4.47 Å². The number of benzene rings is 2. The predicted octanol–water partition coefficient (Wildman–Crippen LogP) is 6.00. The van der Waals surface area contributed by atoms with Crippen LogP contribution < -0.4 is 10.1 Å². The van der Waals surface area contributed by atoms with E-state index in [1.807, 2.05) is 19.1 Å². The number of rotatable bonds is 9. The second-order valence-corrected chi connectivity index (χ2v) is 9.65. The Hall–Kier alpha value is -1.76. The summed E-state index contributed by atoms with van der Waals surface area (Å²) in [6.07, 6.45) is 4.72. The lowest BCUT2D eigenvalue weighted by atomic mass is 10.1. The molecule has 0 aromatic heterocycles. The summed E-state index contributed by atoms with van der Waals surface area (Å²) in [5, 5.41) is 4.32. The lowest BCUT2D eigenvalue weighted by Crippen LogP contribution is -2.52. The van der Waals surface area contributed by atoms with Gasteiger partial charge in [0, 0.05) is 22.6 Å². The zero-order chi connectivity index (χ0) is 23.1. The van der Waals surface area contributed by atoms with Crippen molar-refractivity contribution in [3.63, 3.8) is 0 Å². The Labute approximate surface area is 207 Å². The summed E-state index contributed by atoms with van der Waals surface area (Å²) in [4.78, 5) is 28.0. The van der Waals surface area contributed by atoms with Crippen LogP contribution in [0.25, 0.3) is 0 Å². The quantitative estimate of drug-likeness (QED) is 0.423. The summed E-state index contributed by atoms with van der Waals surface area (Å²) in [6, 6.07) is 12.0. The summed E-state index contributed by atoms with van der Waals surface area (Å²) in [7, 11) is 0. The molecule has 0 bridgehead atoms. The van der Waals surface area contributed by atoms with E-state index in [1.54, 1.807) is 35.2 Å². The molecule has 2 amide bonds. The van der Waals surface area contributed by atoms with Crippen LogP contribution in [0.4, 0.5) is 0 Å². The van der Waals surface area contributed by atoms with E-state index >= 15 is 0 Å². The van der Waals surface area contributed by atoms with E-state index in [9.17, 15) is 9.59 Å². The monoisotopic (exact) mass is 540 g/mol. The number of carbonyl (C=O) groups is 2. The number of carbonyl (C=O) groups excluding carboxylic acids is 2. The number of halogens is 3. The van der Waals surface area contributed by atoms with E-state index in [0.717, 1.165) is 31.2 Å². The van der Waals surface area contributed by atoms with Crippen LogP contribution in [0, 0.1) is 0 Å². The highest BCUT2D eigenvalue weighted by Gasteiger charge is 2.31. The van der Waals surface area contributed by atoms with Crippen LogP contribution in [0.2, 0.25) is 10.0 Å². The summed E-state index contributed by atoms with van der Waals surface area (Å²) in [6.45, 7) is 2.01. The molecule has 1 N–H and O–H groups in total. The SMILES string of the molecule is CC[C@@H](C(=O)NC1CCCC1)N(Cc1ccc(Cl)cc1)C(=O)COc1ccc(Cl)cc1Br. The van der Waals surface area contributed by atoms with Gasteiger partial charge in [-0.3, -0.25) is 9.59 Å². The Bertz CT molecular complexity index is 933. The summed E-state index contributed by atoms with van der Waals surface area (Å²) in [5.41, 5.74) is 0.891. The number of nitrogens with one attached hydrogen (secondary N) is 1. The largest absolute Gasteiger partial charge is 0.483 e. The maximum absolute atomic E-state index is 13.3. The van der Waals surface area contributed by atoms with Crippen molar-refractivity contribution in [1.29, 1.82) is 0 Å². The highest BCUT2D eigenvalue weighted by Crippen LogP contribution is 2.28. The molecule has 0 aliphatic heterocycles. The number of ether oxygens (including phenoxy) is 1. The average Bonchev–Trinajstić information content (AvgIpc) is 3.27. The first-order valence-electron chi connectivity index (χ1n) is 10.8. The number of hydrogen-bond donors (Lipinski definition) is 1. The van der Waals surface area contributed by atoms with Gasteiger partial charge in [0.15, 0.2) is 6.61 Å². The molecule has 0 heterocycles. The number of amides is 2. The minimum absolute atomic E-state index is 0.116. The highest BCUT2D eigenvalue weighted by molar-refractivity contribution is 9.10. The zero-order valence-corrected chi connectivity index (χ0v) is 21.0. The fraction of sp³-hybridized carbons (Fsp3) is 0.417. The number of nitrogens with zero attached hydrogens (tertiary/aromatic N) is 1. The summed E-state index contributed by atoms with van der Waals surface area (Å²) < 4.78 is 6.41. The van der Waals surface area contributed by atoms with Crippen molar-refractivity contribution < 1.29 is 14.3 Å². The van der Waals surface area contributed by atoms with E-state index < -0.39 is 6.04 Å². The van der Waals surface area contributed by atoms with Gasteiger partial charge in [0.1, 0.15) is 11.8 Å². The van der Waals surface area contributed by atoms with Gasteiger partial charge in [-0.25, -0.2) is 0 Å². The molecule has 1 atom stereocenters. The second-order valence-electron chi connectivity index (χ2n) is 7.93. The molecular formula is C24H27BrCl2N2O3. The Morgan fingerprint density at radius 3 is 2.41 bits per heavy atom. The molecule has 0 radical (unpaired) electrons. The molecule has 2 aromatic carbocycles. The first-order chi connectivity index (χ1) is 15.4. The van der Waals surface area contributed by atoms with E-state index in [0.29, 0.717) is 26.7 Å². The van der Waals surface area contributed by atoms with Gasteiger partial charge in [-0.1, -0.05) is 55.1 Å². The first-order valence-corrected chi connectivity index (χ1v) is 12.3. The van der Waals surface area contributed by atoms with Crippen molar-refractivity contribution in [3.8, 4) is 5.75 Å². The molecule has 0 unspecified atom stereocenters. The van der Waals surface area contributed by atoms with Crippen LogP contribution in [0.15, 0.2) is 46.9 Å². The van der Waals surface area contributed by atoms with Crippen molar-refractivity contribution in [2.45, 2.75) is 57.7 Å². The molecule has 172 valence electrons. The molecule has 32 heavy (non-hydrogen) atoms. The second kappa shape index (κ2) is 11.9. The smallest absolute Gasteiger partial charge is 0.261 e. The van der Waals surface area contributed by atoms with Crippen LogP contribution in [0.5, 0.6) is 5.75 Å². The fourth-order valence-electron chi connectivity index (χ4n) is 3.89. The van der Waals surface area contributed by atoms with Crippen molar-refractivity contribution in [3.05, 3.63) is 62.5 Å². The maximum Gasteiger partial charge on any atom is 0.261 e. The molecule has 1 fully saturated rings.